The number of hydrogen-bond acceptors (Lipinski definition) is 0. The van der Waals surface area contributed by atoms with Gasteiger partial charge in [0, 0.05) is 0 Å². The normalized spacial score (nSPS) is 9.50. The second-order valence-corrected chi connectivity index (χ2v) is 11.5. The topological polar surface area (TPSA) is 0 Å². The van der Waals surface area contributed by atoms with Crippen molar-refractivity contribution in [3.8, 4) is 0 Å². The zero-order valence-corrected chi connectivity index (χ0v) is 13.5. The maximum absolute atomic E-state index is 5.73. The Hall–Kier alpha value is 1.10. The van der Waals surface area contributed by atoms with Crippen molar-refractivity contribution >= 4 is 53.9 Å². The van der Waals surface area contributed by atoms with Gasteiger partial charge >= 0.3 is 96.7 Å². The van der Waals surface area contributed by atoms with Crippen LogP contribution in [0.5, 0.6) is 0 Å². The zero-order valence-electron chi connectivity index (χ0n) is 7.78. The van der Waals surface area contributed by atoms with Crippen LogP contribution in [0.2, 0.25) is 5.02 Å². The molecular formula is C9H11Cl3RuSe-2. The molecule has 0 heterocycles. The van der Waals surface area contributed by atoms with E-state index < -0.39 is 13.5 Å². The van der Waals surface area contributed by atoms with Gasteiger partial charge in [0.25, 0.3) is 0 Å². The SMILES string of the molecule is Clc1ccc([Se][CH]=[Ru]([Cl])[Cl])cc1.[CH3-].[CH3-]. The molecule has 0 amide bonds. The summed E-state index contributed by atoms with van der Waals surface area (Å²) in [6.45, 7) is 0. The summed E-state index contributed by atoms with van der Waals surface area (Å²) in [5, 5.41) is 0.764. The number of halogens is 3. The molecule has 0 radical (unpaired) electrons. The van der Waals surface area contributed by atoms with Crippen molar-refractivity contribution in [2.75, 3.05) is 0 Å². The van der Waals surface area contributed by atoms with E-state index in [-0.39, 0.29) is 14.9 Å². The van der Waals surface area contributed by atoms with Crippen molar-refractivity contribution < 1.29 is 13.5 Å². The molecule has 5 heteroatoms. The minimum absolute atomic E-state index is 0. The molecule has 0 aliphatic rings. The van der Waals surface area contributed by atoms with E-state index in [0.717, 1.165) is 5.02 Å². The Morgan fingerprint density at radius 3 is 2.00 bits per heavy atom. The third kappa shape index (κ3) is 7.40. The molecule has 0 aliphatic heterocycles. The molecule has 0 saturated carbocycles. The molecule has 0 saturated heterocycles. The van der Waals surface area contributed by atoms with Crippen LogP contribution in [0.3, 0.4) is 0 Å². The molecule has 0 unspecified atom stereocenters. The number of rotatable bonds is 2. The summed E-state index contributed by atoms with van der Waals surface area (Å²) in [6.07, 6.45) is 0. The Labute approximate surface area is 111 Å². The maximum Gasteiger partial charge on any atom is -0.358 e. The Morgan fingerprint density at radius 2 is 1.57 bits per heavy atom. The van der Waals surface area contributed by atoms with Crippen molar-refractivity contribution in [3.05, 3.63) is 44.1 Å². The summed E-state index contributed by atoms with van der Waals surface area (Å²) in [6, 6.07) is 7.77. The van der Waals surface area contributed by atoms with E-state index in [2.05, 4.69) is 0 Å². The van der Waals surface area contributed by atoms with E-state index >= 15 is 0 Å². The molecule has 0 nitrogen and oxygen atoms in total. The first-order valence-electron chi connectivity index (χ1n) is 2.92. The van der Waals surface area contributed by atoms with E-state index in [1.807, 2.05) is 27.8 Å². The summed E-state index contributed by atoms with van der Waals surface area (Å²) in [5.41, 5.74) is 0. The van der Waals surface area contributed by atoms with Crippen LogP contribution >= 0.6 is 31.0 Å². The van der Waals surface area contributed by atoms with Gasteiger partial charge in [-0.15, -0.1) is 0 Å². The van der Waals surface area contributed by atoms with Gasteiger partial charge in [-0.25, -0.2) is 0 Å². The van der Waals surface area contributed by atoms with Crippen molar-refractivity contribution in [2.45, 2.75) is 0 Å². The predicted octanol–water partition coefficient (Wildman–Crippen LogP) is 3.26. The third-order valence-corrected chi connectivity index (χ3v) is 9.43. The minimum atomic E-state index is -1.58. The third-order valence-electron chi connectivity index (χ3n) is 1.05. The predicted molar refractivity (Wildman–Crippen MR) is 67.4 cm³/mol. The van der Waals surface area contributed by atoms with E-state index in [0.29, 0.717) is 15.0 Å². The molecule has 14 heavy (non-hydrogen) atoms. The van der Waals surface area contributed by atoms with Crippen molar-refractivity contribution in [2.24, 2.45) is 0 Å². The fraction of sp³-hybridized carbons (Fsp3) is 0. The molecule has 0 bridgehead atoms. The molecule has 0 fully saturated rings. The first kappa shape index (κ1) is 17.5. The van der Waals surface area contributed by atoms with E-state index in [9.17, 15) is 0 Å². The summed E-state index contributed by atoms with van der Waals surface area (Å²) in [5.74, 6) is 0. The monoisotopic (exact) mass is 406 g/mol. The first-order valence-corrected chi connectivity index (χ1v) is 10.6. The van der Waals surface area contributed by atoms with Crippen LogP contribution < -0.4 is 4.46 Å². The average molecular weight is 406 g/mol. The summed E-state index contributed by atoms with van der Waals surface area (Å²) in [7, 11) is 11.4. The molecule has 0 spiro atoms. The van der Waals surface area contributed by atoms with Crippen LogP contribution in [-0.2, 0) is 13.5 Å². The van der Waals surface area contributed by atoms with Crippen molar-refractivity contribution in [1.29, 1.82) is 0 Å². The Bertz CT molecular complexity index is 281. The van der Waals surface area contributed by atoms with Gasteiger partial charge in [0.05, 0.1) is 0 Å². The van der Waals surface area contributed by atoms with Gasteiger partial charge in [0.1, 0.15) is 0 Å². The maximum atomic E-state index is 5.73. The fourth-order valence-electron chi connectivity index (χ4n) is 0.593. The molecule has 1 aromatic rings. The largest absolute Gasteiger partial charge is 0.358 e. The van der Waals surface area contributed by atoms with Gasteiger partial charge < -0.3 is 14.9 Å². The van der Waals surface area contributed by atoms with E-state index in [1.165, 1.54) is 4.46 Å². The standard InChI is InChI=1S/C7H5ClSe.2CH3.2ClH.Ru/c1-9-7-4-2-6(8)3-5-7;;;;;/h1-5H;2*1H3;2*1H;/q;2*-1;;;+2/p-2. The van der Waals surface area contributed by atoms with Crippen molar-refractivity contribution in [3.63, 3.8) is 0 Å². The van der Waals surface area contributed by atoms with Gasteiger partial charge in [-0.05, 0) is 0 Å². The van der Waals surface area contributed by atoms with Crippen LogP contribution in [0.1, 0.15) is 0 Å². The van der Waals surface area contributed by atoms with Crippen LogP contribution in [0.15, 0.2) is 24.3 Å². The molecule has 0 atom stereocenters. The second-order valence-electron chi connectivity index (χ2n) is 1.86. The summed E-state index contributed by atoms with van der Waals surface area (Å²) < 4.78 is 3.29. The van der Waals surface area contributed by atoms with Crippen LogP contribution in [0, 0.1) is 14.9 Å². The molecule has 1 aromatic carbocycles. The van der Waals surface area contributed by atoms with Gasteiger partial charge in [-0.3, -0.25) is 0 Å². The first-order chi connectivity index (χ1) is 5.68. The minimum Gasteiger partial charge on any atom is -0.358 e. The van der Waals surface area contributed by atoms with Crippen LogP contribution in [0.4, 0.5) is 0 Å². The quantitative estimate of drug-likeness (QED) is 0.523. The molecule has 1 rings (SSSR count). The molecule has 0 aliphatic carbocycles. The van der Waals surface area contributed by atoms with Crippen molar-refractivity contribution in [1.82, 2.24) is 0 Å². The van der Waals surface area contributed by atoms with Crippen LogP contribution in [0.25, 0.3) is 0 Å². The van der Waals surface area contributed by atoms with Gasteiger partial charge in [0.15, 0.2) is 0 Å². The van der Waals surface area contributed by atoms with E-state index in [4.69, 9.17) is 31.0 Å². The van der Waals surface area contributed by atoms with Crippen LogP contribution in [-0.4, -0.2) is 18.5 Å². The zero-order chi connectivity index (χ0) is 8.97. The second kappa shape index (κ2) is 9.34. The molecule has 0 N–H and O–H groups in total. The number of benzene rings is 1. The molecule has 84 valence electrons. The molecule has 0 aromatic heterocycles. The summed E-state index contributed by atoms with van der Waals surface area (Å²) in [4.78, 5) is 0. The Kier molecular flexibility index (Phi) is 11.7. The van der Waals surface area contributed by atoms with Gasteiger partial charge in [-0.2, -0.15) is 0 Å². The van der Waals surface area contributed by atoms with E-state index in [1.54, 1.807) is 0 Å². The number of hydrogen-bond donors (Lipinski definition) is 0. The smallest absolute Gasteiger partial charge is 0.358 e. The van der Waals surface area contributed by atoms with Gasteiger partial charge in [-0.1, -0.05) is 0 Å². The molecular weight excluding hydrogens is 394 g/mol. The Morgan fingerprint density at radius 1 is 1.07 bits per heavy atom. The Balaban J connectivity index is 0. The average Bonchev–Trinajstić information content (AvgIpc) is 2.03. The van der Waals surface area contributed by atoms with Gasteiger partial charge in [0.2, 0.25) is 0 Å². The summed E-state index contributed by atoms with van der Waals surface area (Å²) >= 11 is 4.45. The fourth-order valence-corrected chi connectivity index (χ4v) is 5.64.